The zero-order valence-corrected chi connectivity index (χ0v) is 13.8. The Balaban J connectivity index is 1.88. The van der Waals surface area contributed by atoms with Gasteiger partial charge in [0.25, 0.3) is 0 Å². The summed E-state index contributed by atoms with van der Waals surface area (Å²) in [6.45, 7) is 6.08. The molecular formula is C16H19N5S. The highest BCUT2D eigenvalue weighted by Crippen LogP contribution is 2.29. The van der Waals surface area contributed by atoms with Crippen LogP contribution >= 0.6 is 11.3 Å². The van der Waals surface area contributed by atoms with Crippen molar-refractivity contribution in [3.05, 3.63) is 46.8 Å². The fraction of sp³-hybridized carbons (Fsp3) is 0.312. The van der Waals surface area contributed by atoms with Crippen LogP contribution in [-0.4, -0.2) is 21.0 Å². The molecule has 1 aliphatic rings. The van der Waals surface area contributed by atoms with Crippen LogP contribution in [0.5, 0.6) is 0 Å². The number of nitrogens with two attached hydrogens (primary N) is 1. The number of aryl methyl sites for hydroxylation is 2. The van der Waals surface area contributed by atoms with Gasteiger partial charge in [-0.1, -0.05) is 23.8 Å². The van der Waals surface area contributed by atoms with Gasteiger partial charge in [-0.05, 0) is 33.3 Å². The molecule has 6 heteroatoms. The number of nitrogens with zero attached hydrogens (tertiary/aromatic N) is 4. The molecule has 0 spiro atoms. The lowest BCUT2D eigenvalue weighted by molar-refractivity contribution is 0.687. The van der Waals surface area contributed by atoms with Crippen LogP contribution in [0.1, 0.15) is 24.0 Å². The Morgan fingerprint density at radius 1 is 1.27 bits per heavy atom. The van der Waals surface area contributed by atoms with Gasteiger partial charge in [0.2, 0.25) is 5.95 Å². The Kier molecular flexibility index (Phi) is 4.04. The zero-order valence-electron chi connectivity index (χ0n) is 12.9. The molecule has 0 aliphatic heterocycles. The normalized spacial score (nSPS) is 17.5. The smallest absolute Gasteiger partial charge is 0.240 e. The summed E-state index contributed by atoms with van der Waals surface area (Å²) in [6, 6.07) is 1.99. The standard InChI is InChI=1S/C16H19N5S/c1-10-4-6-13(7-5-10)21(17)16-18-9-8-14(20-16)15-11(2)19-12(3)22-15/h4-6,8-9,13H,7,17H2,1-3H3. The molecule has 1 unspecified atom stereocenters. The van der Waals surface area contributed by atoms with Gasteiger partial charge in [0.05, 0.1) is 27.3 Å². The average molecular weight is 313 g/mol. The van der Waals surface area contributed by atoms with Gasteiger partial charge in [-0.25, -0.2) is 20.8 Å². The van der Waals surface area contributed by atoms with Crippen LogP contribution in [-0.2, 0) is 0 Å². The van der Waals surface area contributed by atoms with E-state index in [9.17, 15) is 0 Å². The molecule has 0 radical (unpaired) electrons. The van der Waals surface area contributed by atoms with Crippen LogP contribution in [0.3, 0.4) is 0 Å². The lowest BCUT2D eigenvalue weighted by Crippen LogP contribution is -2.41. The molecular weight excluding hydrogens is 294 g/mol. The third-order valence-corrected chi connectivity index (χ3v) is 4.73. The van der Waals surface area contributed by atoms with Crippen LogP contribution in [0.15, 0.2) is 36.1 Å². The van der Waals surface area contributed by atoms with Crippen LogP contribution < -0.4 is 10.9 Å². The third-order valence-electron chi connectivity index (χ3n) is 3.63. The van der Waals surface area contributed by atoms with E-state index in [1.165, 1.54) is 5.57 Å². The SMILES string of the molecule is CC1=CCC(N(N)c2nccc(-c3sc(C)nc3C)n2)C=C1. The summed E-state index contributed by atoms with van der Waals surface area (Å²) < 4.78 is 0. The van der Waals surface area contributed by atoms with E-state index < -0.39 is 0 Å². The van der Waals surface area contributed by atoms with Crippen molar-refractivity contribution in [2.75, 3.05) is 5.01 Å². The molecule has 2 heterocycles. The maximum Gasteiger partial charge on any atom is 0.240 e. The minimum absolute atomic E-state index is 0.0863. The van der Waals surface area contributed by atoms with E-state index in [1.54, 1.807) is 22.5 Å². The first kappa shape index (κ1) is 14.9. The summed E-state index contributed by atoms with van der Waals surface area (Å²) in [6.07, 6.45) is 8.96. The Morgan fingerprint density at radius 3 is 2.73 bits per heavy atom. The van der Waals surface area contributed by atoms with Crippen molar-refractivity contribution in [2.45, 2.75) is 33.2 Å². The van der Waals surface area contributed by atoms with E-state index in [4.69, 9.17) is 5.84 Å². The Bertz CT molecular complexity index is 747. The highest BCUT2D eigenvalue weighted by atomic mass is 32.1. The predicted octanol–water partition coefficient (Wildman–Crippen LogP) is 3.17. The second-order valence-electron chi connectivity index (χ2n) is 5.41. The molecule has 0 saturated heterocycles. The van der Waals surface area contributed by atoms with Crippen LogP contribution in [0.25, 0.3) is 10.6 Å². The molecule has 114 valence electrons. The maximum atomic E-state index is 6.22. The molecule has 5 nitrogen and oxygen atoms in total. The molecule has 3 rings (SSSR count). The van der Waals surface area contributed by atoms with Crippen LogP contribution in [0.2, 0.25) is 0 Å². The lowest BCUT2D eigenvalue weighted by Gasteiger charge is -2.26. The highest BCUT2D eigenvalue weighted by molar-refractivity contribution is 7.15. The number of rotatable bonds is 3. The maximum absolute atomic E-state index is 6.22. The van der Waals surface area contributed by atoms with Crippen LogP contribution in [0, 0.1) is 13.8 Å². The Morgan fingerprint density at radius 2 is 2.09 bits per heavy atom. The Hall–Kier alpha value is -2.05. The summed E-state index contributed by atoms with van der Waals surface area (Å²) in [5.41, 5.74) is 3.12. The molecule has 0 bridgehead atoms. The third kappa shape index (κ3) is 2.93. The quantitative estimate of drug-likeness (QED) is 0.696. The Labute approximate surface area is 134 Å². The van der Waals surface area contributed by atoms with E-state index in [0.717, 1.165) is 27.7 Å². The number of aromatic nitrogens is 3. The second-order valence-corrected chi connectivity index (χ2v) is 6.61. The molecule has 1 aliphatic carbocycles. The molecule has 0 saturated carbocycles. The summed E-state index contributed by atoms with van der Waals surface area (Å²) in [7, 11) is 0. The van der Waals surface area contributed by atoms with Crippen molar-refractivity contribution in [1.29, 1.82) is 0 Å². The largest absolute Gasteiger partial charge is 0.271 e. The lowest BCUT2D eigenvalue weighted by atomic mass is 10.0. The van der Waals surface area contributed by atoms with Crippen LogP contribution in [0.4, 0.5) is 5.95 Å². The van der Waals surface area contributed by atoms with Gasteiger partial charge in [-0.3, -0.25) is 5.01 Å². The van der Waals surface area contributed by atoms with E-state index in [0.29, 0.717) is 5.95 Å². The summed E-state index contributed by atoms with van der Waals surface area (Å²) in [5, 5.41) is 2.67. The molecule has 0 aromatic carbocycles. The fourth-order valence-electron chi connectivity index (χ4n) is 2.44. The molecule has 0 amide bonds. The number of thiazole rings is 1. The zero-order chi connectivity index (χ0) is 15.7. The van der Waals surface area contributed by atoms with Gasteiger partial charge < -0.3 is 0 Å². The van der Waals surface area contributed by atoms with Crippen molar-refractivity contribution in [3.8, 4) is 10.6 Å². The average Bonchev–Trinajstić information content (AvgIpc) is 2.86. The van der Waals surface area contributed by atoms with E-state index in [1.807, 2.05) is 19.9 Å². The van der Waals surface area contributed by atoms with Crippen molar-refractivity contribution >= 4 is 17.3 Å². The number of hydrogen-bond acceptors (Lipinski definition) is 6. The van der Waals surface area contributed by atoms with E-state index >= 15 is 0 Å². The first-order valence-corrected chi connectivity index (χ1v) is 8.02. The van der Waals surface area contributed by atoms with Gasteiger partial charge in [0, 0.05) is 6.20 Å². The van der Waals surface area contributed by atoms with E-state index in [-0.39, 0.29) is 6.04 Å². The highest BCUT2D eigenvalue weighted by Gasteiger charge is 2.18. The monoisotopic (exact) mass is 313 g/mol. The van der Waals surface area contributed by atoms with Crippen molar-refractivity contribution in [1.82, 2.24) is 15.0 Å². The molecule has 2 aromatic heterocycles. The summed E-state index contributed by atoms with van der Waals surface area (Å²) in [5.74, 6) is 6.75. The van der Waals surface area contributed by atoms with Crippen molar-refractivity contribution < 1.29 is 0 Å². The summed E-state index contributed by atoms with van der Waals surface area (Å²) in [4.78, 5) is 14.5. The summed E-state index contributed by atoms with van der Waals surface area (Å²) >= 11 is 1.64. The molecule has 2 N–H and O–H groups in total. The fourth-order valence-corrected chi connectivity index (χ4v) is 3.33. The van der Waals surface area contributed by atoms with Gasteiger partial charge >= 0.3 is 0 Å². The molecule has 22 heavy (non-hydrogen) atoms. The first-order chi connectivity index (χ1) is 10.5. The molecule has 1 atom stereocenters. The minimum atomic E-state index is 0.0863. The van der Waals surface area contributed by atoms with Gasteiger partial charge in [0.15, 0.2) is 0 Å². The van der Waals surface area contributed by atoms with Gasteiger partial charge in [-0.2, -0.15) is 0 Å². The second kappa shape index (κ2) is 5.98. The van der Waals surface area contributed by atoms with Gasteiger partial charge in [-0.15, -0.1) is 11.3 Å². The predicted molar refractivity (Wildman–Crippen MR) is 90.6 cm³/mol. The number of hydrazine groups is 1. The number of anilines is 1. The minimum Gasteiger partial charge on any atom is -0.271 e. The molecule has 2 aromatic rings. The topological polar surface area (TPSA) is 67.9 Å². The molecule has 0 fully saturated rings. The first-order valence-electron chi connectivity index (χ1n) is 7.21. The number of hydrogen-bond donors (Lipinski definition) is 1. The number of allylic oxidation sites excluding steroid dienone is 2. The van der Waals surface area contributed by atoms with Crippen molar-refractivity contribution in [3.63, 3.8) is 0 Å². The van der Waals surface area contributed by atoms with Gasteiger partial charge in [0.1, 0.15) is 0 Å². The van der Waals surface area contributed by atoms with E-state index in [2.05, 4.69) is 40.1 Å². The van der Waals surface area contributed by atoms with Crippen molar-refractivity contribution in [2.24, 2.45) is 5.84 Å².